The van der Waals surface area contributed by atoms with E-state index in [4.69, 9.17) is 0 Å². The molecule has 4 nitrogen and oxygen atoms in total. The molecular weight excluding hydrogens is 250 g/mol. The molecule has 5 heteroatoms. The highest BCUT2D eigenvalue weighted by molar-refractivity contribution is 7.93. The van der Waals surface area contributed by atoms with Crippen molar-refractivity contribution in [1.82, 2.24) is 4.90 Å². The van der Waals surface area contributed by atoms with Crippen molar-refractivity contribution in [3.63, 3.8) is 0 Å². The van der Waals surface area contributed by atoms with Crippen molar-refractivity contribution >= 4 is 15.6 Å². The average molecular weight is 271 g/mol. The summed E-state index contributed by atoms with van der Waals surface area (Å²) in [5.74, 6) is 0.686. The molecule has 1 atom stereocenters. The maximum absolute atomic E-state index is 12.1. The van der Waals surface area contributed by atoms with Crippen LogP contribution in [0.3, 0.4) is 0 Å². The van der Waals surface area contributed by atoms with Crippen LogP contribution in [0.25, 0.3) is 0 Å². The molecule has 4 rings (SSSR count). The number of hydrogen-bond acceptors (Lipinski definition) is 4. The van der Waals surface area contributed by atoms with E-state index >= 15 is 0 Å². The summed E-state index contributed by atoms with van der Waals surface area (Å²) in [6.45, 7) is 3.77. The van der Waals surface area contributed by atoms with Crippen LogP contribution in [-0.2, 0) is 14.6 Å². The second kappa shape index (κ2) is 4.04. The fraction of sp³-hybridized carbons (Fsp3) is 0.923. The monoisotopic (exact) mass is 271 g/mol. The van der Waals surface area contributed by atoms with Gasteiger partial charge in [-0.3, -0.25) is 9.69 Å². The predicted octanol–water partition coefficient (Wildman–Crippen LogP) is 1.01. The predicted molar refractivity (Wildman–Crippen MR) is 69.1 cm³/mol. The molecule has 3 saturated heterocycles. The van der Waals surface area contributed by atoms with Gasteiger partial charge in [0.2, 0.25) is 0 Å². The normalized spacial score (nSPS) is 37.8. The van der Waals surface area contributed by atoms with Gasteiger partial charge in [-0.1, -0.05) is 0 Å². The molecule has 0 radical (unpaired) electrons. The Kier molecular flexibility index (Phi) is 2.83. The molecule has 3 aliphatic heterocycles. The third kappa shape index (κ3) is 1.92. The van der Waals surface area contributed by atoms with E-state index in [9.17, 15) is 13.2 Å². The van der Waals surface area contributed by atoms with Gasteiger partial charge in [0.1, 0.15) is 0 Å². The van der Waals surface area contributed by atoms with E-state index in [0.29, 0.717) is 12.2 Å². The Morgan fingerprint density at radius 3 is 2.39 bits per heavy atom. The van der Waals surface area contributed by atoms with Crippen LogP contribution in [0.5, 0.6) is 0 Å². The number of ketones is 1. The zero-order valence-electron chi connectivity index (χ0n) is 10.9. The largest absolute Gasteiger partial charge is 0.298 e. The summed E-state index contributed by atoms with van der Waals surface area (Å²) in [7, 11) is -3.01. The van der Waals surface area contributed by atoms with E-state index in [2.05, 4.69) is 4.90 Å². The van der Waals surface area contributed by atoms with Crippen molar-refractivity contribution in [2.45, 2.75) is 49.8 Å². The molecular formula is C13H21NO3S. The quantitative estimate of drug-likeness (QED) is 0.765. The Hall–Kier alpha value is -0.420. The number of nitrogens with zero attached hydrogens (tertiary/aromatic N) is 1. The zero-order chi connectivity index (χ0) is 13.0. The summed E-state index contributed by atoms with van der Waals surface area (Å²) in [5.41, 5.74) is 0. The summed E-state index contributed by atoms with van der Waals surface area (Å²) in [6, 6.07) is -0.116. The van der Waals surface area contributed by atoms with Crippen LogP contribution >= 0.6 is 0 Å². The molecule has 0 aromatic carbocycles. The van der Waals surface area contributed by atoms with Gasteiger partial charge in [0, 0.05) is 5.92 Å². The number of fused-ring (bicyclic) bond motifs is 3. The Labute approximate surface area is 109 Å². The second-order valence-corrected chi connectivity index (χ2v) is 8.91. The molecule has 18 heavy (non-hydrogen) atoms. The molecule has 1 aliphatic carbocycles. The molecule has 1 unspecified atom stereocenters. The highest BCUT2D eigenvalue weighted by Crippen LogP contribution is 2.44. The topological polar surface area (TPSA) is 54.5 Å². The molecule has 0 spiro atoms. The van der Waals surface area contributed by atoms with Crippen LogP contribution in [-0.4, -0.2) is 48.7 Å². The first-order valence-corrected chi connectivity index (χ1v) is 8.58. The number of sulfone groups is 1. The van der Waals surface area contributed by atoms with Crippen LogP contribution in [0, 0.1) is 5.92 Å². The fourth-order valence-electron chi connectivity index (χ4n) is 3.27. The minimum Gasteiger partial charge on any atom is -0.298 e. The number of carbonyl (C=O) groups is 1. The van der Waals surface area contributed by atoms with Crippen LogP contribution in [0.1, 0.15) is 39.0 Å². The van der Waals surface area contributed by atoms with Crippen LogP contribution in [0.4, 0.5) is 0 Å². The minimum atomic E-state index is -3.01. The van der Waals surface area contributed by atoms with Crippen molar-refractivity contribution in [2.75, 3.05) is 18.8 Å². The molecule has 4 aliphatic rings. The SMILES string of the molecule is CC1(S(=O)(=O)CCC2C(=O)C3CCN2CC3)CC1. The summed E-state index contributed by atoms with van der Waals surface area (Å²) >= 11 is 0. The Bertz CT molecular complexity index is 459. The van der Waals surface area contributed by atoms with E-state index < -0.39 is 14.6 Å². The summed E-state index contributed by atoms with van der Waals surface area (Å²) in [5, 5.41) is 0. The summed E-state index contributed by atoms with van der Waals surface area (Å²) in [4.78, 5) is 14.3. The van der Waals surface area contributed by atoms with Crippen molar-refractivity contribution in [3.8, 4) is 0 Å². The van der Waals surface area contributed by atoms with Gasteiger partial charge in [-0.05, 0) is 52.1 Å². The lowest BCUT2D eigenvalue weighted by atomic mass is 9.81. The maximum atomic E-state index is 12.1. The number of piperidine rings is 3. The second-order valence-electron chi connectivity index (χ2n) is 6.29. The molecule has 2 bridgehead atoms. The van der Waals surface area contributed by atoms with Gasteiger partial charge in [0.05, 0.1) is 16.5 Å². The number of rotatable bonds is 4. The van der Waals surface area contributed by atoms with Crippen LogP contribution in [0.15, 0.2) is 0 Å². The van der Waals surface area contributed by atoms with Crippen LogP contribution in [0.2, 0.25) is 0 Å². The molecule has 4 fully saturated rings. The molecule has 3 heterocycles. The van der Waals surface area contributed by atoms with Crippen LogP contribution < -0.4 is 0 Å². The molecule has 0 aromatic rings. The van der Waals surface area contributed by atoms with Crippen molar-refractivity contribution in [3.05, 3.63) is 0 Å². The van der Waals surface area contributed by atoms with Gasteiger partial charge in [-0.2, -0.15) is 0 Å². The number of hydrogen-bond donors (Lipinski definition) is 0. The first-order chi connectivity index (χ1) is 8.43. The zero-order valence-corrected chi connectivity index (χ0v) is 11.7. The van der Waals surface area contributed by atoms with E-state index in [0.717, 1.165) is 38.8 Å². The van der Waals surface area contributed by atoms with Crippen molar-refractivity contribution in [2.24, 2.45) is 5.92 Å². The molecule has 1 saturated carbocycles. The van der Waals surface area contributed by atoms with Crippen molar-refractivity contribution in [1.29, 1.82) is 0 Å². The van der Waals surface area contributed by atoms with Gasteiger partial charge < -0.3 is 0 Å². The fourth-order valence-corrected chi connectivity index (χ4v) is 5.02. The molecule has 0 amide bonds. The molecule has 0 aromatic heterocycles. The van der Waals surface area contributed by atoms with E-state index in [1.807, 2.05) is 6.92 Å². The van der Waals surface area contributed by atoms with Crippen molar-refractivity contribution < 1.29 is 13.2 Å². The molecule has 0 N–H and O–H groups in total. The van der Waals surface area contributed by atoms with Gasteiger partial charge >= 0.3 is 0 Å². The standard InChI is InChI=1S/C13H21NO3S/c1-13(5-6-13)18(16,17)9-4-11-12(15)10-2-7-14(11)8-3-10/h10-11H,2-9H2,1H3. The summed E-state index contributed by atoms with van der Waals surface area (Å²) in [6.07, 6.45) is 4.04. The third-order valence-corrected chi connectivity index (χ3v) is 7.75. The highest BCUT2D eigenvalue weighted by atomic mass is 32.2. The third-order valence-electron chi connectivity index (χ3n) is 5.07. The Morgan fingerprint density at radius 2 is 1.89 bits per heavy atom. The number of carbonyl (C=O) groups excluding carboxylic acids is 1. The Morgan fingerprint density at radius 1 is 1.28 bits per heavy atom. The lowest BCUT2D eigenvalue weighted by Crippen LogP contribution is -2.55. The molecule has 102 valence electrons. The first-order valence-electron chi connectivity index (χ1n) is 6.93. The lowest BCUT2D eigenvalue weighted by Gasteiger charge is -2.44. The highest BCUT2D eigenvalue weighted by Gasteiger charge is 2.50. The minimum absolute atomic E-state index is 0.116. The summed E-state index contributed by atoms with van der Waals surface area (Å²) < 4.78 is 23.8. The maximum Gasteiger partial charge on any atom is 0.155 e. The van der Waals surface area contributed by atoms with Gasteiger partial charge in [0.15, 0.2) is 15.6 Å². The van der Waals surface area contributed by atoms with Gasteiger partial charge in [-0.15, -0.1) is 0 Å². The van der Waals surface area contributed by atoms with Gasteiger partial charge in [-0.25, -0.2) is 8.42 Å². The van der Waals surface area contributed by atoms with Gasteiger partial charge in [0.25, 0.3) is 0 Å². The average Bonchev–Trinajstić information content (AvgIpc) is 3.09. The smallest absolute Gasteiger partial charge is 0.155 e. The lowest BCUT2D eigenvalue weighted by molar-refractivity contribution is -0.136. The first kappa shape index (κ1) is 12.6. The van der Waals surface area contributed by atoms with E-state index in [1.165, 1.54) is 0 Å². The Balaban J connectivity index is 1.65. The van der Waals surface area contributed by atoms with E-state index in [1.54, 1.807) is 0 Å². The number of Topliss-reactive ketones (excluding diaryl/α,β-unsaturated/α-hetero) is 1. The van der Waals surface area contributed by atoms with E-state index in [-0.39, 0.29) is 17.7 Å².